The molecule has 6 nitrogen and oxygen atoms in total. The van der Waals surface area contributed by atoms with Gasteiger partial charge in [0.25, 0.3) is 0 Å². The Morgan fingerprint density at radius 1 is 0.844 bits per heavy atom. The zero-order chi connectivity index (χ0) is 22.5. The van der Waals surface area contributed by atoms with Crippen molar-refractivity contribution in [3.05, 3.63) is 72.3 Å². The summed E-state index contributed by atoms with van der Waals surface area (Å²) >= 11 is 0. The van der Waals surface area contributed by atoms with E-state index in [4.69, 9.17) is 4.74 Å². The van der Waals surface area contributed by atoms with Gasteiger partial charge < -0.3 is 14.5 Å². The highest BCUT2D eigenvalue weighted by molar-refractivity contribution is 7.84. The van der Waals surface area contributed by atoms with Gasteiger partial charge in [0.1, 0.15) is 17.3 Å². The first-order valence-electron chi connectivity index (χ1n) is 10.6. The SMILES string of the molecule is CC(=O)N1CCN(C(=O)CS(=O)Cc2ccc(Oc3ccc4ccccc4c3)cc2)CC1. The van der Waals surface area contributed by atoms with E-state index < -0.39 is 10.8 Å². The lowest BCUT2D eigenvalue weighted by Crippen LogP contribution is -2.51. The highest BCUT2D eigenvalue weighted by atomic mass is 32.2. The van der Waals surface area contributed by atoms with Crippen LogP contribution < -0.4 is 4.74 Å². The van der Waals surface area contributed by atoms with Crippen LogP contribution in [0, 0.1) is 0 Å². The number of hydrogen-bond donors (Lipinski definition) is 0. The molecule has 32 heavy (non-hydrogen) atoms. The molecule has 0 aromatic heterocycles. The smallest absolute Gasteiger partial charge is 0.235 e. The molecule has 4 rings (SSSR count). The predicted molar refractivity (Wildman–Crippen MR) is 126 cm³/mol. The van der Waals surface area contributed by atoms with E-state index in [2.05, 4.69) is 6.07 Å². The number of benzene rings is 3. The Morgan fingerprint density at radius 2 is 1.47 bits per heavy atom. The van der Waals surface area contributed by atoms with Crippen molar-refractivity contribution < 1.29 is 18.5 Å². The molecule has 166 valence electrons. The van der Waals surface area contributed by atoms with Crippen LogP contribution in [0.1, 0.15) is 12.5 Å². The maximum Gasteiger partial charge on any atom is 0.235 e. The highest BCUT2D eigenvalue weighted by Crippen LogP contribution is 2.26. The Bertz CT molecular complexity index is 1140. The maximum absolute atomic E-state index is 12.5. The third kappa shape index (κ3) is 5.53. The van der Waals surface area contributed by atoms with Gasteiger partial charge in [0.05, 0.1) is 0 Å². The van der Waals surface area contributed by atoms with Crippen molar-refractivity contribution >= 4 is 33.4 Å². The Morgan fingerprint density at radius 3 is 2.16 bits per heavy atom. The maximum atomic E-state index is 12.5. The lowest BCUT2D eigenvalue weighted by atomic mass is 10.1. The van der Waals surface area contributed by atoms with Crippen LogP contribution in [0.5, 0.6) is 11.5 Å². The second-order valence-corrected chi connectivity index (χ2v) is 9.33. The molecule has 1 atom stereocenters. The Balaban J connectivity index is 1.28. The molecule has 1 aliphatic rings. The summed E-state index contributed by atoms with van der Waals surface area (Å²) < 4.78 is 18.5. The number of ether oxygens (including phenoxy) is 1. The number of rotatable bonds is 6. The zero-order valence-electron chi connectivity index (χ0n) is 18.0. The van der Waals surface area contributed by atoms with E-state index in [1.807, 2.05) is 60.7 Å². The largest absolute Gasteiger partial charge is 0.457 e. The van der Waals surface area contributed by atoms with Gasteiger partial charge in [-0.3, -0.25) is 13.8 Å². The highest BCUT2D eigenvalue weighted by Gasteiger charge is 2.23. The summed E-state index contributed by atoms with van der Waals surface area (Å²) in [7, 11) is -1.29. The van der Waals surface area contributed by atoms with Crippen LogP contribution in [0.15, 0.2) is 66.7 Å². The van der Waals surface area contributed by atoms with Crippen LogP contribution in [-0.2, 0) is 26.1 Å². The van der Waals surface area contributed by atoms with Gasteiger partial charge in [-0.15, -0.1) is 0 Å². The molecule has 3 aromatic rings. The fourth-order valence-electron chi connectivity index (χ4n) is 3.76. The molecular formula is C25H26N2O4S. The first-order valence-corrected chi connectivity index (χ1v) is 12.1. The molecule has 1 unspecified atom stereocenters. The summed E-state index contributed by atoms with van der Waals surface area (Å²) in [6.07, 6.45) is 0. The van der Waals surface area contributed by atoms with Crippen molar-refractivity contribution in [1.82, 2.24) is 9.80 Å². The van der Waals surface area contributed by atoms with Crippen molar-refractivity contribution in [3.8, 4) is 11.5 Å². The summed E-state index contributed by atoms with van der Waals surface area (Å²) in [4.78, 5) is 27.3. The van der Waals surface area contributed by atoms with Gasteiger partial charge in [0, 0.05) is 49.7 Å². The van der Waals surface area contributed by atoms with Crippen LogP contribution in [0.25, 0.3) is 10.8 Å². The normalized spacial score (nSPS) is 14.9. The van der Waals surface area contributed by atoms with E-state index in [9.17, 15) is 13.8 Å². The van der Waals surface area contributed by atoms with Gasteiger partial charge in [0.15, 0.2) is 0 Å². The molecule has 0 saturated carbocycles. The number of amides is 2. The number of fused-ring (bicyclic) bond motifs is 1. The van der Waals surface area contributed by atoms with E-state index in [0.29, 0.717) is 37.7 Å². The Kier molecular flexibility index (Phi) is 6.85. The average Bonchev–Trinajstić information content (AvgIpc) is 2.80. The van der Waals surface area contributed by atoms with Gasteiger partial charge >= 0.3 is 0 Å². The topological polar surface area (TPSA) is 66.9 Å². The monoisotopic (exact) mass is 450 g/mol. The molecule has 2 amide bonds. The van der Waals surface area contributed by atoms with Gasteiger partial charge in [-0.2, -0.15) is 0 Å². The number of nitrogens with zero attached hydrogens (tertiary/aromatic N) is 2. The second kappa shape index (κ2) is 9.96. The van der Waals surface area contributed by atoms with Crippen LogP contribution in [0.4, 0.5) is 0 Å². The van der Waals surface area contributed by atoms with Crippen LogP contribution in [0.3, 0.4) is 0 Å². The molecule has 1 fully saturated rings. The van der Waals surface area contributed by atoms with E-state index in [0.717, 1.165) is 22.1 Å². The third-order valence-corrected chi connectivity index (χ3v) is 6.79. The third-order valence-electron chi connectivity index (χ3n) is 5.57. The molecule has 0 N–H and O–H groups in total. The minimum absolute atomic E-state index is 0.00455. The van der Waals surface area contributed by atoms with Gasteiger partial charge in [0.2, 0.25) is 11.8 Å². The number of carbonyl (C=O) groups excluding carboxylic acids is 2. The number of piperazine rings is 1. The Labute approximate surface area is 190 Å². The van der Waals surface area contributed by atoms with E-state index in [1.54, 1.807) is 9.80 Å². The molecule has 1 heterocycles. The van der Waals surface area contributed by atoms with Crippen molar-refractivity contribution in [2.75, 3.05) is 31.9 Å². The first kappa shape index (κ1) is 22.0. The summed E-state index contributed by atoms with van der Waals surface area (Å²) in [6.45, 7) is 3.59. The number of hydrogen-bond acceptors (Lipinski definition) is 4. The summed E-state index contributed by atoms with van der Waals surface area (Å²) in [5.74, 6) is 1.67. The molecule has 0 spiro atoms. The number of carbonyl (C=O) groups is 2. The molecule has 0 bridgehead atoms. The predicted octanol–water partition coefficient (Wildman–Crippen LogP) is 3.57. The van der Waals surface area contributed by atoms with Gasteiger partial charge in [-0.25, -0.2) is 0 Å². The standard InChI is InChI=1S/C25H26N2O4S/c1-19(28)26-12-14-27(15-13-26)25(29)18-32(30)17-20-6-9-23(10-7-20)31-24-11-8-21-4-2-3-5-22(21)16-24/h2-11,16H,12-15,17-18H2,1H3. The summed E-state index contributed by atoms with van der Waals surface area (Å²) in [6, 6.07) is 21.5. The zero-order valence-corrected chi connectivity index (χ0v) is 18.8. The molecule has 1 aliphatic heterocycles. The summed E-state index contributed by atoms with van der Waals surface area (Å²) in [5.41, 5.74) is 0.892. The fraction of sp³-hybridized carbons (Fsp3) is 0.280. The van der Waals surface area contributed by atoms with Crippen LogP contribution >= 0.6 is 0 Å². The lowest BCUT2D eigenvalue weighted by Gasteiger charge is -2.34. The lowest BCUT2D eigenvalue weighted by molar-refractivity contribution is -0.136. The second-order valence-electron chi connectivity index (χ2n) is 7.87. The molecule has 0 aliphatic carbocycles. The minimum Gasteiger partial charge on any atom is -0.457 e. The van der Waals surface area contributed by atoms with Crippen molar-refractivity contribution in [2.24, 2.45) is 0 Å². The van der Waals surface area contributed by atoms with Crippen LogP contribution in [0.2, 0.25) is 0 Å². The Hall–Kier alpha value is -3.19. The summed E-state index contributed by atoms with van der Waals surface area (Å²) in [5, 5.41) is 2.28. The molecule has 0 radical (unpaired) electrons. The molecular weight excluding hydrogens is 424 g/mol. The van der Waals surface area contributed by atoms with Crippen molar-refractivity contribution in [3.63, 3.8) is 0 Å². The van der Waals surface area contributed by atoms with Crippen molar-refractivity contribution in [1.29, 1.82) is 0 Å². The van der Waals surface area contributed by atoms with Gasteiger partial charge in [-0.1, -0.05) is 42.5 Å². The average molecular weight is 451 g/mol. The molecule has 7 heteroatoms. The van der Waals surface area contributed by atoms with E-state index >= 15 is 0 Å². The van der Waals surface area contributed by atoms with Gasteiger partial charge in [-0.05, 0) is 40.6 Å². The fourth-order valence-corrected chi connectivity index (χ4v) is 4.88. The molecule has 1 saturated heterocycles. The van der Waals surface area contributed by atoms with E-state index in [1.165, 1.54) is 6.92 Å². The van der Waals surface area contributed by atoms with Crippen LogP contribution in [-0.4, -0.2) is 57.8 Å². The molecule has 3 aromatic carbocycles. The first-order chi connectivity index (χ1) is 15.5. The van der Waals surface area contributed by atoms with Crippen molar-refractivity contribution in [2.45, 2.75) is 12.7 Å². The quantitative estimate of drug-likeness (QED) is 0.576. The van der Waals surface area contributed by atoms with E-state index in [-0.39, 0.29) is 17.6 Å². The minimum atomic E-state index is -1.29.